The van der Waals surface area contributed by atoms with Gasteiger partial charge in [0, 0.05) is 11.8 Å². The van der Waals surface area contributed by atoms with Gasteiger partial charge in [0.25, 0.3) is 0 Å². The van der Waals surface area contributed by atoms with Gasteiger partial charge in [-0.15, -0.1) is 0 Å². The standard InChI is InChI=1S/C5H10N2S/c1-5(3-8-2)7-4-6/h5,7H,3H2,1-2H3. The molecule has 46 valence electrons. The zero-order valence-corrected chi connectivity index (χ0v) is 5.96. The van der Waals surface area contributed by atoms with E-state index in [-0.39, 0.29) is 0 Å². The second kappa shape index (κ2) is 4.79. The molecular formula is C5H10N2S. The second-order valence-corrected chi connectivity index (χ2v) is 2.52. The normalized spacial score (nSPS) is 12.1. The van der Waals surface area contributed by atoms with Crippen LogP contribution in [-0.4, -0.2) is 18.1 Å². The van der Waals surface area contributed by atoms with Gasteiger partial charge in [0.1, 0.15) is 0 Å². The highest BCUT2D eigenvalue weighted by Crippen LogP contribution is 1.94. The van der Waals surface area contributed by atoms with Crippen molar-refractivity contribution in [2.75, 3.05) is 12.0 Å². The SMILES string of the molecule is CSCC(C)NC#N. The van der Waals surface area contributed by atoms with E-state index < -0.39 is 0 Å². The number of hydrogen-bond donors (Lipinski definition) is 1. The van der Waals surface area contributed by atoms with E-state index in [0.29, 0.717) is 6.04 Å². The summed E-state index contributed by atoms with van der Waals surface area (Å²) < 4.78 is 0. The van der Waals surface area contributed by atoms with Crippen LogP contribution in [0.5, 0.6) is 0 Å². The summed E-state index contributed by atoms with van der Waals surface area (Å²) in [5.41, 5.74) is 0. The van der Waals surface area contributed by atoms with E-state index in [2.05, 4.69) is 5.32 Å². The summed E-state index contributed by atoms with van der Waals surface area (Å²) in [6, 6.07) is 0.315. The van der Waals surface area contributed by atoms with Gasteiger partial charge in [-0.05, 0) is 13.2 Å². The van der Waals surface area contributed by atoms with Gasteiger partial charge >= 0.3 is 0 Å². The molecule has 0 radical (unpaired) electrons. The van der Waals surface area contributed by atoms with Crippen LogP contribution in [-0.2, 0) is 0 Å². The van der Waals surface area contributed by atoms with Gasteiger partial charge in [-0.2, -0.15) is 17.0 Å². The monoisotopic (exact) mass is 130 g/mol. The number of nitriles is 1. The Balaban J connectivity index is 3.08. The summed E-state index contributed by atoms with van der Waals surface area (Å²) in [7, 11) is 0. The maximum Gasteiger partial charge on any atom is 0.176 e. The molecule has 0 amide bonds. The fourth-order valence-electron chi connectivity index (χ4n) is 0.402. The molecule has 0 aromatic carbocycles. The van der Waals surface area contributed by atoms with Crippen LogP contribution in [0.4, 0.5) is 0 Å². The summed E-state index contributed by atoms with van der Waals surface area (Å²) in [5.74, 6) is 0.994. The maximum absolute atomic E-state index is 8.09. The van der Waals surface area contributed by atoms with E-state index in [1.54, 1.807) is 11.8 Å². The third-order valence-corrected chi connectivity index (χ3v) is 1.56. The molecule has 0 aromatic rings. The summed E-state index contributed by atoms with van der Waals surface area (Å²) in [4.78, 5) is 0. The Morgan fingerprint density at radius 2 is 2.50 bits per heavy atom. The molecule has 0 rings (SSSR count). The topological polar surface area (TPSA) is 35.8 Å². The highest BCUT2D eigenvalue weighted by Gasteiger charge is 1.94. The molecule has 2 nitrogen and oxygen atoms in total. The number of hydrogen-bond acceptors (Lipinski definition) is 3. The second-order valence-electron chi connectivity index (χ2n) is 1.61. The van der Waals surface area contributed by atoms with Gasteiger partial charge in [0.15, 0.2) is 6.19 Å². The lowest BCUT2D eigenvalue weighted by molar-refractivity contribution is 0.724. The van der Waals surface area contributed by atoms with Gasteiger partial charge in [-0.25, -0.2) is 0 Å². The minimum absolute atomic E-state index is 0.315. The molecule has 1 atom stereocenters. The van der Waals surface area contributed by atoms with Gasteiger partial charge in [0.2, 0.25) is 0 Å². The maximum atomic E-state index is 8.09. The van der Waals surface area contributed by atoms with Crippen LogP contribution in [0.15, 0.2) is 0 Å². The van der Waals surface area contributed by atoms with Crippen molar-refractivity contribution in [3.63, 3.8) is 0 Å². The highest BCUT2D eigenvalue weighted by atomic mass is 32.2. The molecule has 3 heteroatoms. The van der Waals surface area contributed by atoms with Crippen molar-refractivity contribution in [3.8, 4) is 6.19 Å². The predicted molar refractivity (Wildman–Crippen MR) is 36.6 cm³/mol. The van der Waals surface area contributed by atoms with Crippen molar-refractivity contribution >= 4 is 11.8 Å². The van der Waals surface area contributed by atoms with E-state index in [4.69, 9.17) is 5.26 Å². The predicted octanol–water partition coefficient (Wildman–Crippen LogP) is 0.809. The lowest BCUT2D eigenvalue weighted by Crippen LogP contribution is -2.22. The summed E-state index contributed by atoms with van der Waals surface area (Å²) in [6.07, 6.45) is 3.91. The van der Waals surface area contributed by atoms with Crippen molar-refractivity contribution in [1.82, 2.24) is 5.32 Å². The minimum atomic E-state index is 0.315. The molecule has 1 unspecified atom stereocenters. The Morgan fingerprint density at radius 1 is 1.88 bits per heavy atom. The Hall–Kier alpha value is -0.360. The van der Waals surface area contributed by atoms with Gasteiger partial charge < -0.3 is 5.32 Å². The van der Waals surface area contributed by atoms with Crippen LogP contribution in [0.1, 0.15) is 6.92 Å². The van der Waals surface area contributed by atoms with Crippen molar-refractivity contribution in [3.05, 3.63) is 0 Å². The van der Waals surface area contributed by atoms with Crippen molar-refractivity contribution in [2.45, 2.75) is 13.0 Å². The van der Waals surface area contributed by atoms with Crippen molar-refractivity contribution in [1.29, 1.82) is 5.26 Å². The highest BCUT2D eigenvalue weighted by molar-refractivity contribution is 7.98. The molecule has 0 spiro atoms. The number of thioether (sulfide) groups is 1. The Labute approximate surface area is 54.3 Å². The molecule has 0 saturated heterocycles. The van der Waals surface area contributed by atoms with Crippen LogP contribution in [0.2, 0.25) is 0 Å². The average molecular weight is 130 g/mol. The Morgan fingerprint density at radius 3 is 2.88 bits per heavy atom. The third kappa shape index (κ3) is 3.82. The molecule has 0 bridgehead atoms. The zero-order valence-electron chi connectivity index (χ0n) is 5.14. The first-order chi connectivity index (χ1) is 3.81. The fourth-order valence-corrected chi connectivity index (χ4v) is 0.985. The van der Waals surface area contributed by atoms with E-state index in [1.165, 1.54) is 0 Å². The lowest BCUT2D eigenvalue weighted by Gasteiger charge is -2.03. The molecule has 0 aliphatic heterocycles. The molecule has 0 aliphatic carbocycles. The molecule has 0 aliphatic rings. The fraction of sp³-hybridized carbons (Fsp3) is 0.800. The largest absolute Gasteiger partial charge is 0.320 e. The van der Waals surface area contributed by atoms with Crippen molar-refractivity contribution < 1.29 is 0 Å². The van der Waals surface area contributed by atoms with E-state index >= 15 is 0 Å². The number of nitrogens with zero attached hydrogens (tertiary/aromatic N) is 1. The summed E-state index contributed by atoms with van der Waals surface area (Å²) in [6.45, 7) is 1.99. The number of nitrogens with one attached hydrogen (secondary N) is 1. The van der Waals surface area contributed by atoms with Gasteiger partial charge in [0.05, 0.1) is 0 Å². The quantitative estimate of drug-likeness (QED) is 0.453. The molecule has 0 aromatic heterocycles. The molecule has 1 N–H and O–H groups in total. The van der Waals surface area contributed by atoms with E-state index in [1.807, 2.05) is 19.4 Å². The Bertz CT molecular complexity index is 86.9. The average Bonchev–Trinajstić information content (AvgIpc) is 1.68. The van der Waals surface area contributed by atoms with E-state index in [9.17, 15) is 0 Å². The van der Waals surface area contributed by atoms with Crippen LogP contribution in [0.3, 0.4) is 0 Å². The van der Waals surface area contributed by atoms with Crippen LogP contribution in [0.25, 0.3) is 0 Å². The van der Waals surface area contributed by atoms with Crippen LogP contribution < -0.4 is 5.32 Å². The molecule has 0 saturated carbocycles. The smallest absolute Gasteiger partial charge is 0.176 e. The van der Waals surface area contributed by atoms with Gasteiger partial charge in [-0.1, -0.05) is 0 Å². The molecular weight excluding hydrogens is 120 g/mol. The summed E-state index contributed by atoms with van der Waals surface area (Å²) in [5, 5.41) is 10.7. The first-order valence-electron chi connectivity index (χ1n) is 2.44. The first kappa shape index (κ1) is 7.64. The van der Waals surface area contributed by atoms with E-state index in [0.717, 1.165) is 5.75 Å². The number of rotatable bonds is 3. The molecule has 8 heavy (non-hydrogen) atoms. The van der Waals surface area contributed by atoms with Crippen LogP contribution >= 0.6 is 11.8 Å². The van der Waals surface area contributed by atoms with Crippen molar-refractivity contribution in [2.24, 2.45) is 0 Å². The third-order valence-electron chi connectivity index (χ3n) is 0.728. The molecule has 0 heterocycles. The first-order valence-corrected chi connectivity index (χ1v) is 3.84. The van der Waals surface area contributed by atoms with Crippen LogP contribution in [0, 0.1) is 11.5 Å². The molecule has 0 fully saturated rings. The Kier molecular flexibility index (Phi) is 4.58. The zero-order chi connectivity index (χ0) is 6.41. The minimum Gasteiger partial charge on any atom is -0.320 e. The van der Waals surface area contributed by atoms with Gasteiger partial charge in [-0.3, -0.25) is 0 Å². The summed E-state index contributed by atoms with van der Waals surface area (Å²) >= 11 is 1.74. The lowest BCUT2D eigenvalue weighted by atomic mass is 10.4.